The van der Waals surface area contributed by atoms with Crippen molar-refractivity contribution in [2.45, 2.75) is 6.92 Å². The molecule has 1 heterocycles. The molecule has 5 heteroatoms. The van der Waals surface area contributed by atoms with Gasteiger partial charge in [0.05, 0.1) is 11.3 Å². The number of rotatable bonds is 2. The molecule has 1 aromatic carbocycles. The highest BCUT2D eigenvalue weighted by molar-refractivity contribution is 9.11. The van der Waals surface area contributed by atoms with Crippen molar-refractivity contribution in [2.24, 2.45) is 0 Å². The first kappa shape index (κ1) is 12.1. The lowest BCUT2D eigenvalue weighted by Gasteiger charge is -1.95. The number of thiophene rings is 1. The van der Waals surface area contributed by atoms with Crippen LogP contribution in [0.4, 0.5) is 0 Å². The Hall–Kier alpha value is -0.390. The molecule has 0 N–H and O–H groups in total. The molecular formula is C11H8Br2O2S. The number of benzene rings is 1. The van der Waals surface area contributed by atoms with Crippen LogP contribution >= 0.6 is 43.2 Å². The number of fused-ring (bicyclic) bond motifs is 1. The molecule has 0 aliphatic rings. The van der Waals surface area contributed by atoms with Crippen LogP contribution in [0.3, 0.4) is 0 Å². The quantitative estimate of drug-likeness (QED) is 0.728. The SMILES string of the molecule is CCOC(=O)c1cc2c(Br)ccc(Br)c2s1. The van der Waals surface area contributed by atoms with Gasteiger partial charge in [-0.1, -0.05) is 15.9 Å². The summed E-state index contributed by atoms with van der Waals surface area (Å²) in [7, 11) is 0. The van der Waals surface area contributed by atoms with Gasteiger partial charge in [0.2, 0.25) is 0 Å². The Bertz CT molecular complexity index is 509. The number of hydrogen-bond donors (Lipinski definition) is 0. The maximum absolute atomic E-state index is 11.6. The third-order valence-corrected chi connectivity index (χ3v) is 4.82. The van der Waals surface area contributed by atoms with Gasteiger partial charge in [-0.2, -0.15) is 0 Å². The van der Waals surface area contributed by atoms with Crippen molar-refractivity contribution >= 4 is 59.3 Å². The van der Waals surface area contributed by atoms with Gasteiger partial charge in [-0.25, -0.2) is 4.79 Å². The summed E-state index contributed by atoms with van der Waals surface area (Å²) in [5.74, 6) is -0.262. The highest BCUT2D eigenvalue weighted by Crippen LogP contribution is 2.36. The van der Waals surface area contributed by atoms with Gasteiger partial charge in [0.1, 0.15) is 4.88 Å². The zero-order valence-corrected chi connectivity index (χ0v) is 12.4. The van der Waals surface area contributed by atoms with Gasteiger partial charge in [-0.3, -0.25) is 0 Å². The van der Waals surface area contributed by atoms with Gasteiger partial charge in [-0.15, -0.1) is 11.3 Å². The van der Waals surface area contributed by atoms with Crippen molar-refractivity contribution in [1.82, 2.24) is 0 Å². The minimum absolute atomic E-state index is 0.262. The summed E-state index contributed by atoms with van der Waals surface area (Å²) >= 11 is 8.37. The number of hydrogen-bond acceptors (Lipinski definition) is 3. The largest absolute Gasteiger partial charge is 0.462 e. The monoisotopic (exact) mass is 362 g/mol. The second kappa shape index (κ2) is 4.85. The molecule has 1 aromatic heterocycles. The first-order chi connectivity index (χ1) is 7.63. The summed E-state index contributed by atoms with van der Waals surface area (Å²) in [6.07, 6.45) is 0. The van der Waals surface area contributed by atoms with E-state index in [1.165, 1.54) is 11.3 Å². The van der Waals surface area contributed by atoms with Crippen LogP contribution in [0, 0.1) is 0 Å². The Kier molecular flexibility index (Phi) is 3.66. The van der Waals surface area contributed by atoms with Crippen molar-refractivity contribution in [2.75, 3.05) is 6.61 Å². The Balaban J connectivity index is 2.55. The van der Waals surface area contributed by atoms with Crippen LogP contribution in [-0.2, 0) is 4.74 Å². The molecule has 84 valence electrons. The van der Waals surface area contributed by atoms with Gasteiger partial charge in [-0.05, 0) is 41.1 Å². The predicted molar refractivity (Wildman–Crippen MR) is 73.2 cm³/mol. The number of esters is 1. The van der Waals surface area contributed by atoms with E-state index in [4.69, 9.17) is 4.74 Å². The van der Waals surface area contributed by atoms with E-state index in [0.29, 0.717) is 11.5 Å². The van der Waals surface area contributed by atoms with Crippen LogP contribution in [-0.4, -0.2) is 12.6 Å². The van der Waals surface area contributed by atoms with Crippen molar-refractivity contribution in [1.29, 1.82) is 0 Å². The third kappa shape index (κ3) is 2.17. The highest BCUT2D eigenvalue weighted by atomic mass is 79.9. The van der Waals surface area contributed by atoms with Crippen molar-refractivity contribution in [3.8, 4) is 0 Å². The number of ether oxygens (including phenoxy) is 1. The smallest absolute Gasteiger partial charge is 0.348 e. The summed E-state index contributed by atoms with van der Waals surface area (Å²) in [6, 6.07) is 5.76. The molecule has 0 amide bonds. The van der Waals surface area contributed by atoms with E-state index >= 15 is 0 Å². The van der Waals surface area contributed by atoms with E-state index in [2.05, 4.69) is 31.9 Å². The van der Waals surface area contributed by atoms with Crippen LogP contribution in [0.1, 0.15) is 16.6 Å². The van der Waals surface area contributed by atoms with E-state index in [9.17, 15) is 4.79 Å². The molecule has 0 aliphatic heterocycles. The van der Waals surface area contributed by atoms with E-state index in [1.807, 2.05) is 18.2 Å². The average molecular weight is 364 g/mol. The number of halogens is 2. The van der Waals surface area contributed by atoms with Crippen LogP contribution < -0.4 is 0 Å². The Morgan fingerprint density at radius 1 is 1.38 bits per heavy atom. The van der Waals surface area contributed by atoms with Gasteiger partial charge < -0.3 is 4.74 Å². The van der Waals surface area contributed by atoms with E-state index < -0.39 is 0 Å². The average Bonchev–Trinajstić information content (AvgIpc) is 2.70. The standard InChI is InChI=1S/C11H8Br2O2S/c1-2-15-11(14)9-5-6-7(12)3-4-8(13)10(6)16-9/h3-5H,2H2,1H3. The maximum Gasteiger partial charge on any atom is 0.348 e. The lowest BCUT2D eigenvalue weighted by molar-refractivity contribution is 0.0532. The summed E-state index contributed by atoms with van der Waals surface area (Å²) < 4.78 is 8.01. The molecule has 2 aromatic rings. The molecule has 2 rings (SSSR count). The number of carbonyl (C=O) groups excluding carboxylic acids is 1. The van der Waals surface area contributed by atoms with Crippen LogP contribution in [0.25, 0.3) is 10.1 Å². The number of carbonyl (C=O) groups is 1. The molecule has 0 radical (unpaired) electrons. The molecule has 0 aliphatic carbocycles. The minimum Gasteiger partial charge on any atom is -0.462 e. The lowest BCUT2D eigenvalue weighted by Crippen LogP contribution is -2.01. The first-order valence-corrected chi connectivity index (χ1v) is 7.08. The van der Waals surface area contributed by atoms with Crippen molar-refractivity contribution in [3.05, 3.63) is 32.0 Å². The summed E-state index contributed by atoms with van der Waals surface area (Å²) in [5, 5.41) is 1.03. The Morgan fingerprint density at radius 3 is 2.69 bits per heavy atom. The summed E-state index contributed by atoms with van der Waals surface area (Å²) in [4.78, 5) is 12.2. The van der Waals surface area contributed by atoms with Crippen LogP contribution in [0.15, 0.2) is 27.1 Å². The molecule has 0 saturated carbocycles. The van der Waals surface area contributed by atoms with Gasteiger partial charge in [0.25, 0.3) is 0 Å². The summed E-state index contributed by atoms with van der Waals surface area (Å²) in [6.45, 7) is 2.20. The summed E-state index contributed by atoms with van der Waals surface area (Å²) in [5.41, 5.74) is 0. The van der Waals surface area contributed by atoms with Gasteiger partial charge in [0, 0.05) is 14.3 Å². The third-order valence-electron chi connectivity index (χ3n) is 2.06. The maximum atomic E-state index is 11.6. The first-order valence-electron chi connectivity index (χ1n) is 4.68. The van der Waals surface area contributed by atoms with E-state index in [1.54, 1.807) is 6.92 Å². The second-order valence-electron chi connectivity index (χ2n) is 3.10. The van der Waals surface area contributed by atoms with Gasteiger partial charge in [0.15, 0.2) is 0 Å². The fourth-order valence-electron chi connectivity index (χ4n) is 1.36. The molecule has 0 atom stereocenters. The normalized spacial score (nSPS) is 10.7. The molecule has 0 spiro atoms. The van der Waals surface area contributed by atoms with E-state index in [0.717, 1.165) is 19.0 Å². The Labute approximate surface area is 114 Å². The van der Waals surface area contributed by atoms with Gasteiger partial charge >= 0.3 is 5.97 Å². The van der Waals surface area contributed by atoms with Crippen LogP contribution in [0.5, 0.6) is 0 Å². The molecule has 0 fully saturated rings. The van der Waals surface area contributed by atoms with E-state index in [-0.39, 0.29) is 5.97 Å². The second-order valence-corrected chi connectivity index (χ2v) is 5.86. The molecule has 2 nitrogen and oxygen atoms in total. The molecule has 16 heavy (non-hydrogen) atoms. The zero-order valence-electron chi connectivity index (χ0n) is 8.42. The Morgan fingerprint density at radius 2 is 2.06 bits per heavy atom. The highest BCUT2D eigenvalue weighted by Gasteiger charge is 2.14. The molecular weight excluding hydrogens is 356 g/mol. The molecule has 0 saturated heterocycles. The predicted octanol–water partition coefficient (Wildman–Crippen LogP) is 4.60. The molecule has 0 bridgehead atoms. The topological polar surface area (TPSA) is 26.3 Å². The van der Waals surface area contributed by atoms with Crippen molar-refractivity contribution in [3.63, 3.8) is 0 Å². The van der Waals surface area contributed by atoms with Crippen LogP contribution in [0.2, 0.25) is 0 Å². The minimum atomic E-state index is -0.262. The molecule has 0 unspecified atom stereocenters. The van der Waals surface area contributed by atoms with Crippen molar-refractivity contribution < 1.29 is 9.53 Å². The lowest BCUT2D eigenvalue weighted by atomic mass is 10.2. The fraction of sp³-hybridized carbons (Fsp3) is 0.182. The zero-order chi connectivity index (χ0) is 11.7. The fourth-order valence-corrected chi connectivity index (χ4v) is 3.51.